The number of hydrogen-bond donors (Lipinski definition) is 0. The topological polar surface area (TPSA) is 93.4 Å². The van der Waals surface area contributed by atoms with Crippen LogP contribution in [0.5, 0.6) is 0 Å². The van der Waals surface area contributed by atoms with Gasteiger partial charge in [-0.2, -0.15) is 0 Å². The summed E-state index contributed by atoms with van der Waals surface area (Å²) >= 11 is 4.29. The lowest BCUT2D eigenvalue weighted by molar-refractivity contribution is -0.384. The molecule has 0 bridgehead atoms. The molecular formula is C12H12BrN3O4S. The molecule has 7 nitrogen and oxygen atoms in total. The quantitative estimate of drug-likeness (QED) is 0.593. The zero-order valence-corrected chi connectivity index (χ0v) is 13.5. The van der Waals surface area contributed by atoms with Crippen molar-refractivity contribution in [2.75, 3.05) is 17.2 Å². The van der Waals surface area contributed by atoms with Gasteiger partial charge in [0, 0.05) is 42.4 Å². The van der Waals surface area contributed by atoms with Gasteiger partial charge in [0.2, 0.25) is 11.7 Å². The lowest BCUT2D eigenvalue weighted by atomic mass is 10.1. The molecule has 1 unspecified atom stereocenters. The SMILES string of the molecule is CC(=O)SCC1CC(=O)N(c2ncc(Br)cc2[N+](=O)[O-])C1. The first-order valence-electron chi connectivity index (χ1n) is 6.12. The van der Waals surface area contributed by atoms with Gasteiger partial charge in [-0.05, 0) is 21.8 Å². The van der Waals surface area contributed by atoms with Gasteiger partial charge in [-0.1, -0.05) is 11.8 Å². The van der Waals surface area contributed by atoms with Gasteiger partial charge in [-0.3, -0.25) is 24.6 Å². The molecule has 9 heteroatoms. The van der Waals surface area contributed by atoms with E-state index in [1.54, 1.807) is 0 Å². The van der Waals surface area contributed by atoms with E-state index in [1.807, 2.05) is 0 Å². The van der Waals surface area contributed by atoms with E-state index in [4.69, 9.17) is 0 Å². The van der Waals surface area contributed by atoms with E-state index in [0.29, 0.717) is 16.8 Å². The van der Waals surface area contributed by atoms with Crippen molar-refractivity contribution in [1.82, 2.24) is 4.98 Å². The summed E-state index contributed by atoms with van der Waals surface area (Å²) in [6.07, 6.45) is 1.70. The first-order chi connectivity index (χ1) is 9.88. The summed E-state index contributed by atoms with van der Waals surface area (Å²) in [5, 5.41) is 11.1. The van der Waals surface area contributed by atoms with E-state index in [9.17, 15) is 19.7 Å². The van der Waals surface area contributed by atoms with Crippen LogP contribution in [0.4, 0.5) is 11.5 Å². The molecule has 1 aromatic heterocycles. The Kier molecular flexibility index (Phi) is 4.94. The Bertz CT molecular complexity index is 610. The lowest BCUT2D eigenvalue weighted by Crippen LogP contribution is -2.26. The Balaban J connectivity index is 2.21. The summed E-state index contributed by atoms with van der Waals surface area (Å²) in [6, 6.07) is 1.33. The molecule has 21 heavy (non-hydrogen) atoms. The smallest absolute Gasteiger partial charge is 0.291 e. The third-order valence-corrected chi connectivity index (χ3v) is 4.47. The summed E-state index contributed by atoms with van der Waals surface area (Å²) in [4.78, 5) is 38.9. The van der Waals surface area contributed by atoms with Crippen LogP contribution in [-0.4, -0.2) is 33.2 Å². The number of halogens is 1. The maximum Gasteiger partial charge on any atom is 0.313 e. The fourth-order valence-electron chi connectivity index (χ4n) is 2.10. The van der Waals surface area contributed by atoms with E-state index >= 15 is 0 Å². The summed E-state index contributed by atoms with van der Waals surface area (Å²) in [5.41, 5.74) is -0.211. The molecule has 0 N–H and O–H groups in total. The molecule has 1 amide bonds. The van der Waals surface area contributed by atoms with Crippen LogP contribution >= 0.6 is 27.7 Å². The number of carbonyl (C=O) groups excluding carboxylic acids is 2. The molecule has 112 valence electrons. The van der Waals surface area contributed by atoms with E-state index in [1.165, 1.54) is 24.1 Å². The molecule has 0 spiro atoms. The zero-order valence-electron chi connectivity index (χ0n) is 11.1. The average molecular weight is 374 g/mol. The Morgan fingerprint density at radius 3 is 3.00 bits per heavy atom. The van der Waals surface area contributed by atoms with Crippen LogP contribution < -0.4 is 4.90 Å². The fraction of sp³-hybridized carbons (Fsp3) is 0.417. The van der Waals surface area contributed by atoms with Crippen LogP contribution in [0.15, 0.2) is 16.7 Å². The van der Waals surface area contributed by atoms with Crippen molar-refractivity contribution in [3.63, 3.8) is 0 Å². The molecule has 1 aliphatic rings. The molecule has 0 aliphatic carbocycles. The molecule has 1 saturated heterocycles. The van der Waals surface area contributed by atoms with Crippen LogP contribution in [0.3, 0.4) is 0 Å². The third-order valence-electron chi connectivity index (χ3n) is 2.99. The number of aromatic nitrogens is 1. The van der Waals surface area contributed by atoms with Gasteiger partial charge in [0.1, 0.15) is 0 Å². The third kappa shape index (κ3) is 3.79. The maximum absolute atomic E-state index is 12.0. The highest BCUT2D eigenvalue weighted by Gasteiger charge is 2.35. The number of rotatable bonds is 4. The second kappa shape index (κ2) is 6.52. The first kappa shape index (κ1) is 15.9. The van der Waals surface area contributed by atoms with Gasteiger partial charge in [0.25, 0.3) is 0 Å². The van der Waals surface area contributed by atoms with E-state index < -0.39 is 4.92 Å². The van der Waals surface area contributed by atoms with Gasteiger partial charge in [0.05, 0.1) is 4.92 Å². The van der Waals surface area contributed by atoms with Gasteiger partial charge in [-0.25, -0.2) is 4.98 Å². The van der Waals surface area contributed by atoms with Gasteiger partial charge < -0.3 is 0 Å². The first-order valence-corrected chi connectivity index (χ1v) is 7.90. The van der Waals surface area contributed by atoms with Crippen LogP contribution in [-0.2, 0) is 9.59 Å². The van der Waals surface area contributed by atoms with Crippen molar-refractivity contribution in [3.8, 4) is 0 Å². The molecule has 1 aromatic rings. The molecule has 0 radical (unpaired) electrons. The van der Waals surface area contributed by atoms with E-state index in [2.05, 4.69) is 20.9 Å². The second-order valence-electron chi connectivity index (χ2n) is 4.63. The van der Waals surface area contributed by atoms with E-state index in [-0.39, 0.29) is 34.9 Å². The fourth-order valence-corrected chi connectivity index (χ4v) is 3.11. The summed E-state index contributed by atoms with van der Waals surface area (Å²) in [6.45, 7) is 1.81. The van der Waals surface area contributed by atoms with Crippen molar-refractivity contribution < 1.29 is 14.5 Å². The number of pyridine rings is 1. The maximum atomic E-state index is 12.0. The second-order valence-corrected chi connectivity index (χ2v) is 6.74. The van der Waals surface area contributed by atoms with E-state index in [0.717, 1.165) is 11.8 Å². The van der Waals surface area contributed by atoms with Crippen molar-refractivity contribution in [2.24, 2.45) is 5.92 Å². The molecule has 0 saturated carbocycles. The Labute approximate surface area is 133 Å². The standard InChI is InChI=1S/C12H12BrN3O4S/c1-7(17)21-6-8-2-11(18)15(5-8)12-10(16(19)20)3-9(13)4-14-12/h3-4,8H,2,5-6H2,1H3. The van der Waals surface area contributed by atoms with Crippen molar-refractivity contribution in [1.29, 1.82) is 0 Å². The van der Waals surface area contributed by atoms with Gasteiger partial charge in [0.15, 0.2) is 5.12 Å². The number of thioether (sulfide) groups is 1. The minimum Gasteiger partial charge on any atom is -0.291 e. The normalized spacial score (nSPS) is 18.1. The predicted octanol–water partition coefficient (Wildman–Crippen LogP) is 2.38. The molecule has 2 rings (SSSR count). The van der Waals surface area contributed by atoms with Crippen LogP contribution in [0.2, 0.25) is 0 Å². The van der Waals surface area contributed by atoms with Gasteiger partial charge in [-0.15, -0.1) is 0 Å². The van der Waals surface area contributed by atoms with Crippen LogP contribution in [0, 0.1) is 16.0 Å². The Morgan fingerprint density at radius 2 is 2.38 bits per heavy atom. The van der Waals surface area contributed by atoms with Gasteiger partial charge >= 0.3 is 5.69 Å². The largest absolute Gasteiger partial charge is 0.313 e. The molecular weight excluding hydrogens is 362 g/mol. The highest BCUT2D eigenvalue weighted by atomic mass is 79.9. The zero-order chi connectivity index (χ0) is 15.6. The highest BCUT2D eigenvalue weighted by Crippen LogP contribution is 2.33. The summed E-state index contributed by atoms with van der Waals surface area (Å²) < 4.78 is 0.480. The number of carbonyl (C=O) groups is 2. The Morgan fingerprint density at radius 1 is 1.67 bits per heavy atom. The number of hydrogen-bond acceptors (Lipinski definition) is 6. The summed E-state index contributed by atoms with van der Waals surface area (Å²) in [5.74, 6) is 0.379. The predicted molar refractivity (Wildman–Crippen MR) is 82.2 cm³/mol. The molecule has 2 heterocycles. The van der Waals surface area contributed by atoms with Crippen LogP contribution in [0.25, 0.3) is 0 Å². The lowest BCUT2D eigenvalue weighted by Gasteiger charge is -2.15. The minimum absolute atomic E-state index is 0.00329. The Hall–Kier alpha value is -1.48. The molecule has 1 atom stereocenters. The highest BCUT2D eigenvalue weighted by molar-refractivity contribution is 9.10. The van der Waals surface area contributed by atoms with Crippen molar-refractivity contribution in [2.45, 2.75) is 13.3 Å². The monoisotopic (exact) mass is 373 g/mol. The molecule has 0 aromatic carbocycles. The van der Waals surface area contributed by atoms with Crippen molar-refractivity contribution >= 4 is 50.2 Å². The van der Waals surface area contributed by atoms with Crippen LogP contribution in [0.1, 0.15) is 13.3 Å². The van der Waals surface area contributed by atoms with Crippen molar-refractivity contribution in [3.05, 3.63) is 26.9 Å². The number of anilines is 1. The number of nitrogens with zero attached hydrogens (tertiary/aromatic N) is 3. The molecule has 1 aliphatic heterocycles. The number of amides is 1. The number of nitro groups is 1. The minimum atomic E-state index is -0.558. The average Bonchev–Trinajstić information content (AvgIpc) is 2.77. The summed E-state index contributed by atoms with van der Waals surface area (Å²) in [7, 11) is 0. The molecule has 1 fully saturated rings.